The lowest BCUT2D eigenvalue weighted by Crippen LogP contribution is -2.02. The summed E-state index contributed by atoms with van der Waals surface area (Å²) in [5.41, 5.74) is 1.70. The fourth-order valence-corrected chi connectivity index (χ4v) is 2.07. The van der Waals surface area contributed by atoms with Crippen molar-refractivity contribution in [2.24, 2.45) is 0 Å². The van der Waals surface area contributed by atoms with E-state index in [1.807, 2.05) is 18.4 Å². The van der Waals surface area contributed by atoms with Crippen molar-refractivity contribution < 1.29 is 9.90 Å². The fourth-order valence-electron chi connectivity index (χ4n) is 1.69. The summed E-state index contributed by atoms with van der Waals surface area (Å²) in [6, 6.07) is 4.93. The molecule has 4 nitrogen and oxygen atoms in total. The monoisotopic (exact) mass is 238 g/mol. The number of fused-ring (bicyclic) bond motifs is 1. The molecular formula is C11H11ClN2O2. The summed E-state index contributed by atoms with van der Waals surface area (Å²) in [5, 5.41) is 9.30. The quantitative estimate of drug-likeness (QED) is 0.875. The number of carboxylic acid groups (broad SMARTS) is 1. The number of hydrogen-bond donors (Lipinski definition) is 1. The highest BCUT2D eigenvalue weighted by molar-refractivity contribution is 6.29. The van der Waals surface area contributed by atoms with Gasteiger partial charge in [-0.2, -0.15) is 0 Å². The van der Waals surface area contributed by atoms with E-state index in [1.54, 1.807) is 12.1 Å². The molecule has 1 aromatic carbocycles. The van der Waals surface area contributed by atoms with Crippen LogP contribution in [0.3, 0.4) is 0 Å². The normalized spacial score (nSPS) is 11.2. The smallest absolute Gasteiger partial charge is 0.335 e. The van der Waals surface area contributed by atoms with Gasteiger partial charge >= 0.3 is 5.97 Å². The van der Waals surface area contributed by atoms with Crippen LogP contribution in [0.1, 0.15) is 30.2 Å². The molecule has 1 N–H and O–H groups in total. The van der Waals surface area contributed by atoms with Crippen LogP contribution in [-0.4, -0.2) is 20.6 Å². The number of imidazole rings is 1. The molecule has 0 aliphatic heterocycles. The summed E-state index contributed by atoms with van der Waals surface area (Å²) in [4.78, 5) is 15.0. The van der Waals surface area contributed by atoms with E-state index in [0.717, 1.165) is 5.52 Å². The van der Waals surface area contributed by atoms with Crippen molar-refractivity contribution in [3.05, 3.63) is 29.0 Å². The highest BCUT2D eigenvalue weighted by Gasteiger charge is 2.13. The summed E-state index contributed by atoms with van der Waals surface area (Å²) in [6.45, 7) is 3.95. The lowest BCUT2D eigenvalue weighted by Gasteiger charge is -2.09. The van der Waals surface area contributed by atoms with Crippen molar-refractivity contribution in [3.8, 4) is 0 Å². The Hall–Kier alpha value is -1.55. The zero-order valence-corrected chi connectivity index (χ0v) is 9.69. The molecule has 2 aromatic rings. The van der Waals surface area contributed by atoms with Crippen LogP contribution >= 0.6 is 11.6 Å². The molecule has 0 fully saturated rings. The molecule has 0 saturated carbocycles. The van der Waals surface area contributed by atoms with E-state index in [2.05, 4.69) is 4.98 Å². The van der Waals surface area contributed by atoms with Crippen molar-refractivity contribution in [1.29, 1.82) is 0 Å². The summed E-state index contributed by atoms with van der Waals surface area (Å²) >= 11 is 6.00. The second-order valence-corrected chi connectivity index (χ2v) is 4.19. The Labute approximate surface area is 97.5 Å². The second kappa shape index (κ2) is 3.79. The number of nitrogens with zero attached hydrogens (tertiary/aromatic N) is 2. The van der Waals surface area contributed by atoms with E-state index in [1.165, 1.54) is 6.07 Å². The number of aromatic carboxylic acids is 1. The first-order chi connectivity index (χ1) is 7.50. The van der Waals surface area contributed by atoms with Gasteiger partial charge in [0, 0.05) is 6.04 Å². The van der Waals surface area contributed by atoms with Crippen LogP contribution < -0.4 is 0 Å². The SMILES string of the molecule is CC(C)n1c(Cl)nc2ccc(C(=O)O)cc21. The van der Waals surface area contributed by atoms with Crippen LogP contribution in [0, 0.1) is 0 Å². The summed E-state index contributed by atoms with van der Waals surface area (Å²) in [7, 11) is 0. The molecule has 0 atom stereocenters. The molecule has 16 heavy (non-hydrogen) atoms. The molecule has 0 unspecified atom stereocenters. The van der Waals surface area contributed by atoms with E-state index in [9.17, 15) is 4.79 Å². The molecule has 0 bridgehead atoms. The maximum Gasteiger partial charge on any atom is 0.335 e. The summed E-state index contributed by atoms with van der Waals surface area (Å²) in [5.74, 6) is -0.950. The van der Waals surface area contributed by atoms with Crippen LogP contribution in [0.5, 0.6) is 0 Å². The minimum absolute atomic E-state index is 0.140. The first-order valence-corrected chi connectivity index (χ1v) is 5.29. The van der Waals surface area contributed by atoms with E-state index in [-0.39, 0.29) is 11.6 Å². The standard InChI is InChI=1S/C11H11ClN2O2/c1-6(2)14-9-5-7(10(15)16)3-4-8(9)13-11(14)12/h3-6H,1-2H3,(H,15,16). The van der Waals surface area contributed by atoms with Crippen molar-refractivity contribution in [2.75, 3.05) is 0 Å². The molecule has 0 radical (unpaired) electrons. The molecule has 0 saturated heterocycles. The number of aromatic nitrogens is 2. The molecule has 0 aliphatic rings. The Morgan fingerprint density at radius 2 is 2.19 bits per heavy atom. The predicted molar refractivity (Wildman–Crippen MR) is 62.1 cm³/mol. The van der Waals surface area contributed by atoms with Crippen molar-refractivity contribution in [1.82, 2.24) is 9.55 Å². The number of benzene rings is 1. The van der Waals surface area contributed by atoms with Gasteiger partial charge in [0.1, 0.15) is 0 Å². The zero-order chi connectivity index (χ0) is 11.9. The molecule has 1 aromatic heterocycles. The van der Waals surface area contributed by atoms with Crippen LogP contribution in [-0.2, 0) is 0 Å². The van der Waals surface area contributed by atoms with Gasteiger partial charge in [-0.1, -0.05) is 0 Å². The van der Waals surface area contributed by atoms with E-state index in [0.29, 0.717) is 10.8 Å². The lowest BCUT2D eigenvalue weighted by atomic mass is 10.2. The molecule has 0 amide bonds. The predicted octanol–water partition coefficient (Wildman–Crippen LogP) is 2.97. The van der Waals surface area contributed by atoms with E-state index >= 15 is 0 Å². The third-order valence-electron chi connectivity index (χ3n) is 2.41. The van der Waals surface area contributed by atoms with Gasteiger partial charge in [0.05, 0.1) is 16.6 Å². The second-order valence-electron chi connectivity index (χ2n) is 3.85. The van der Waals surface area contributed by atoms with Crippen molar-refractivity contribution in [2.45, 2.75) is 19.9 Å². The average Bonchev–Trinajstić information content (AvgIpc) is 2.51. The molecule has 5 heteroatoms. The Bertz CT molecular complexity index is 560. The first kappa shape index (κ1) is 11.0. The summed E-state index contributed by atoms with van der Waals surface area (Å²) < 4.78 is 1.81. The van der Waals surface area contributed by atoms with Crippen molar-refractivity contribution in [3.63, 3.8) is 0 Å². The summed E-state index contributed by atoms with van der Waals surface area (Å²) in [6.07, 6.45) is 0. The zero-order valence-electron chi connectivity index (χ0n) is 8.94. The van der Waals surface area contributed by atoms with Crippen LogP contribution in [0.15, 0.2) is 18.2 Å². The molecule has 0 aliphatic carbocycles. The number of carbonyl (C=O) groups is 1. The lowest BCUT2D eigenvalue weighted by molar-refractivity contribution is 0.0697. The number of carboxylic acids is 1. The Balaban J connectivity index is 2.74. The number of halogens is 1. The van der Waals surface area contributed by atoms with Gasteiger partial charge in [-0.3, -0.25) is 0 Å². The third-order valence-corrected chi connectivity index (χ3v) is 2.68. The largest absolute Gasteiger partial charge is 0.478 e. The van der Waals surface area contributed by atoms with Crippen LogP contribution in [0.25, 0.3) is 11.0 Å². The number of rotatable bonds is 2. The topological polar surface area (TPSA) is 55.1 Å². The minimum atomic E-state index is -0.950. The van der Waals surface area contributed by atoms with Gasteiger partial charge in [-0.25, -0.2) is 9.78 Å². The van der Waals surface area contributed by atoms with Gasteiger partial charge in [0.2, 0.25) is 5.28 Å². The highest BCUT2D eigenvalue weighted by atomic mass is 35.5. The highest BCUT2D eigenvalue weighted by Crippen LogP contribution is 2.25. The van der Waals surface area contributed by atoms with Gasteiger partial charge in [-0.05, 0) is 43.6 Å². The third kappa shape index (κ3) is 1.65. The Kier molecular flexibility index (Phi) is 2.59. The van der Waals surface area contributed by atoms with Gasteiger partial charge < -0.3 is 9.67 Å². The van der Waals surface area contributed by atoms with E-state index in [4.69, 9.17) is 16.7 Å². The fraction of sp³-hybridized carbons (Fsp3) is 0.273. The number of hydrogen-bond acceptors (Lipinski definition) is 2. The van der Waals surface area contributed by atoms with Gasteiger partial charge in [-0.15, -0.1) is 0 Å². The molecule has 2 rings (SSSR count). The first-order valence-electron chi connectivity index (χ1n) is 4.91. The average molecular weight is 239 g/mol. The maximum atomic E-state index is 10.9. The minimum Gasteiger partial charge on any atom is -0.478 e. The molecular weight excluding hydrogens is 228 g/mol. The van der Waals surface area contributed by atoms with Gasteiger partial charge in [0.25, 0.3) is 0 Å². The molecule has 1 heterocycles. The molecule has 84 valence electrons. The molecule has 0 spiro atoms. The van der Waals surface area contributed by atoms with Crippen LogP contribution in [0.2, 0.25) is 5.28 Å². The van der Waals surface area contributed by atoms with Crippen molar-refractivity contribution >= 4 is 28.6 Å². The van der Waals surface area contributed by atoms with Gasteiger partial charge in [0.15, 0.2) is 0 Å². The maximum absolute atomic E-state index is 10.9. The van der Waals surface area contributed by atoms with Crippen LogP contribution in [0.4, 0.5) is 0 Å². The van der Waals surface area contributed by atoms with E-state index < -0.39 is 5.97 Å². The Morgan fingerprint density at radius 3 is 2.75 bits per heavy atom. The Morgan fingerprint density at radius 1 is 1.50 bits per heavy atom.